The summed E-state index contributed by atoms with van der Waals surface area (Å²) in [4.78, 5) is 0.820. The van der Waals surface area contributed by atoms with E-state index < -0.39 is 15.8 Å². The van der Waals surface area contributed by atoms with Crippen LogP contribution in [0.5, 0.6) is 5.75 Å². The van der Waals surface area contributed by atoms with Crippen molar-refractivity contribution in [1.82, 2.24) is 4.89 Å². The van der Waals surface area contributed by atoms with Gasteiger partial charge in [-0.3, -0.25) is 0 Å². The Labute approximate surface area is 104 Å². The Morgan fingerprint density at radius 2 is 1.61 bits per heavy atom. The first kappa shape index (κ1) is 12.6. The van der Waals surface area contributed by atoms with Crippen LogP contribution in [0.2, 0.25) is 0 Å². The van der Waals surface area contributed by atoms with E-state index in [0.29, 0.717) is 5.56 Å². The van der Waals surface area contributed by atoms with Crippen LogP contribution in [0.15, 0.2) is 53.4 Å². The van der Waals surface area contributed by atoms with Crippen molar-refractivity contribution in [2.75, 3.05) is 0 Å². The topological polar surface area (TPSA) is 86.6 Å². The first-order chi connectivity index (χ1) is 8.54. The molecule has 6 heteroatoms. The van der Waals surface area contributed by atoms with Crippen molar-refractivity contribution >= 4 is 10.0 Å². The maximum atomic E-state index is 11.5. The Bertz CT molecular complexity index is 653. The SMILES string of the molecule is O=S(=O)(NO)c1cc(-c2ccccc2)ccc1O. The van der Waals surface area contributed by atoms with E-state index >= 15 is 0 Å². The second kappa shape index (κ2) is 4.77. The second-order valence-electron chi connectivity index (χ2n) is 3.64. The maximum absolute atomic E-state index is 11.5. The van der Waals surface area contributed by atoms with Crippen molar-refractivity contribution in [3.63, 3.8) is 0 Å². The van der Waals surface area contributed by atoms with Crippen LogP contribution in [0.3, 0.4) is 0 Å². The van der Waals surface area contributed by atoms with Gasteiger partial charge in [0, 0.05) is 0 Å². The van der Waals surface area contributed by atoms with Gasteiger partial charge >= 0.3 is 0 Å². The first-order valence-corrected chi connectivity index (χ1v) is 6.57. The lowest BCUT2D eigenvalue weighted by molar-refractivity contribution is 0.242. The van der Waals surface area contributed by atoms with E-state index in [0.717, 1.165) is 5.56 Å². The summed E-state index contributed by atoms with van der Waals surface area (Å²) in [6.45, 7) is 0. The van der Waals surface area contributed by atoms with Crippen LogP contribution in [-0.4, -0.2) is 18.7 Å². The molecule has 2 aromatic carbocycles. The van der Waals surface area contributed by atoms with E-state index in [4.69, 9.17) is 5.21 Å². The van der Waals surface area contributed by atoms with Crippen LogP contribution < -0.4 is 4.89 Å². The standard InChI is InChI=1S/C12H11NO4S/c14-11-7-6-10(9-4-2-1-3-5-9)8-12(11)18(16,17)13-15/h1-8,13-15H. The molecule has 0 unspecified atom stereocenters. The average Bonchev–Trinajstić information content (AvgIpc) is 2.40. The summed E-state index contributed by atoms with van der Waals surface area (Å²) in [5.74, 6) is -0.420. The van der Waals surface area contributed by atoms with Crippen LogP contribution >= 0.6 is 0 Å². The third-order valence-corrected chi connectivity index (χ3v) is 3.62. The van der Waals surface area contributed by atoms with Crippen molar-refractivity contribution in [3.05, 3.63) is 48.5 Å². The fourth-order valence-electron chi connectivity index (χ4n) is 1.59. The fourth-order valence-corrected chi connectivity index (χ4v) is 2.31. The molecule has 0 bridgehead atoms. The minimum atomic E-state index is -4.10. The van der Waals surface area contributed by atoms with Gasteiger partial charge in [-0.1, -0.05) is 41.3 Å². The Hall–Kier alpha value is -1.89. The molecule has 3 N–H and O–H groups in total. The van der Waals surface area contributed by atoms with E-state index in [2.05, 4.69) is 0 Å². The summed E-state index contributed by atoms with van der Waals surface area (Å²) in [7, 11) is -4.10. The average molecular weight is 265 g/mol. The van der Waals surface area contributed by atoms with Crippen LogP contribution in [0.4, 0.5) is 0 Å². The lowest BCUT2D eigenvalue weighted by atomic mass is 10.1. The molecule has 0 saturated heterocycles. The Balaban J connectivity index is 2.58. The summed E-state index contributed by atoms with van der Waals surface area (Å²) in [5.41, 5.74) is 1.44. The number of phenolic OH excluding ortho intramolecular Hbond substituents is 1. The molecule has 0 aliphatic heterocycles. The number of aromatic hydroxyl groups is 1. The summed E-state index contributed by atoms with van der Waals surface area (Å²) >= 11 is 0. The van der Waals surface area contributed by atoms with Gasteiger partial charge in [0.2, 0.25) is 0 Å². The van der Waals surface area contributed by atoms with Crippen LogP contribution in [0.1, 0.15) is 0 Å². The molecule has 18 heavy (non-hydrogen) atoms. The molecule has 0 amide bonds. The van der Waals surface area contributed by atoms with Crippen molar-refractivity contribution in [3.8, 4) is 16.9 Å². The van der Waals surface area contributed by atoms with E-state index in [-0.39, 0.29) is 4.90 Å². The number of benzene rings is 2. The number of sulfonamides is 1. The smallest absolute Gasteiger partial charge is 0.265 e. The summed E-state index contributed by atoms with van der Waals surface area (Å²) in [6, 6.07) is 13.3. The highest BCUT2D eigenvalue weighted by Gasteiger charge is 2.18. The molecule has 0 radical (unpaired) electrons. The molecule has 0 atom stereocenters. The van der Waals surface area contributed by atoms with Crippen LogP contribution in [-0.2, 0) is 10.0 Å². The highest BCUT2D eigenvalue weighted by atomic mass is 32.2. The highest BCUT2D eigenvalue weighted by Crippen LogP contribution is 2.28. The quantitative estimate of drug-likeness (QED) is 0.737. The maximum Gasteiger partial charge on any atom is 0.265 e. The predicted molar refractivity (Wildman–Crippen MR) is 65.7 cm³/mol. The van der Waals surface area contributed by atoms with Crippen molar-refractivity contribution in [2.45, 2.75) is 4.90 Å². The molecule has 5 nitrogen and oxygen atoms in total. The zero-order valence-corrected chi connectivity index (χ0v) is 10.1. The van der Waals surface area contributed by atoms with E-state index in [1.807, 2.05) is 30.3 Å². The minimum Gasteiger partial charge on any atom is -0.507 e. The number of rotatable bonds is 3. The van der Waals surface area contributed by atoms with Gasteiger partial charge in [0.15, 0.2) is 0 Å². The van der Waals surface area contributed by atoms with Crippen molar-refractivity contribution in [1.29, 1.82) is 0 Å². The molecule has 2 rings (SSSR count). The van der Waals surface area contributed by atoms with Gasteiger partial charge in [0.25, 0.3) is 10.0 Å². The number of phenols is 1. The minimum absolute atomic E-state index is 0.369. The van der Waals surface area contributed by atoms with E-state index in [1.165, 1.54) is 17.0 Å². The van der Waals surface area contributed by atoms with Crippen LogP contribution in [0, 0.1) is 0 Å². The van der Waals surface area contributed by atoms with E-state index in [9.17, 15) is 13.5 Å². The molecule has 0 saturated carbocycles. The zero-order chi connectivity index (χ0) is 13.2. The Morgan fingerprint density at radius 1 is 0.944 bits per heavy atom. The molecular formula is C12H11NO4S. The molecule has 2 aromatic rings. The first-order valence-electron chi connectivity index (χ1n) is 5.09. The molecule has 0 aromatic heterocycles. The second-order valence-corrected chi connectivity index (χ2v) is 5.27. The van der Waals surface area contributed by atoms with Gasteiger partial charge in [0.1, 0.15) is 10.6 Å². The lowest BCUT2D eigenvalue weighted by Gasteiger charge is -2.07. The molecule has 0 aliphatic rings. The number of nitrogens with one attached hydrogen (secondary N) is 1. The monoisotopic (exact) mass is 265 g/mol. The molecule has 0 fully saturated rings. The highest BCUT2D eigenvalue weighted by molar-refractivity contribution is 7.89. The molecular weight excluding hydrogens is 254 g/mol. The third kappa shape index (κ3) is 2.35. The van der Waals surface area contributed by atoms with Crippen LogP contribution in [0.25, 0.3) is 11.1 Å². The Kier molecular flexibility index (Phi) is 3.33. The summed E-state index contributed by atoms with van der Waals surface area (Å²) in [6.07, 6.45) is 0. The third-order valence-electron chi connectivity index (χ3n) is 2.48. The lowest BCUT2D eigenvalue weighted by Crippen LogP contribution is -2.19. The predicted octanol–water partition coefficient (Wildman–Crippen LogP) is 1.73. The van der Waals surface area contributed by atoms with Gasteiger partial charge in [-0.05, 0) is 23.3 Å². The molecule has 0 aliphatic carbocycles. The number of hydrogen-bond donors (Lipinski definition) is 3. The van der Waals surface area contributed by atoms with Gasteiger partial charge in [0.05, 0.1) is 0 Å². The normalized spacial score (nSPS) is 11.4. The van der Waals surface area contributed by atoms with Gasteiger partial charge in [-0.15, -0.1) is 0 Å². The fraction of sp³-hybridized carbons (Fsp3) is 0. The van der Waals surface area contributed by atoms with Crippen molar-refractivity contribution < 1.29 is 18.7 Å². The molecule has 0 spiro atoms. The summed E-state index contributed by atoms with van der Waals surface area (Å²) < 4.78 is 23.0. The van der Waals surface area contributed by atoms with Gasteiger partial charge in [-0.2, -0.15) is 0 Å². The van der Waals surface area contributed by atoms with E-state index in [1.54, 1.807) is 6.07 Å². The zero-order valence-electron chi connectivity index (χ0n) is 9.24. The van der Waals surface area contributed by atoms with Gasteiger partial charge < -0.3 is 10.3 Å². The summed E-state index contributed by atoms with van der Waals surface area (Å²) in [5, 5.41) is 18.1. The largest absolute Gasteiger partial charge is 0.507 e. The van der Waals surface area contributed by atoms with Gasteiger partial charge in [-0.25, -0.2) is 8.42 Å². The van der Waals surface area contributed by atoms with Crippen molar-refractivity contribution in [2.24, 2.45) is 0 Å². The molecule has 94 valence electrons. The number of hydrogen-bond acceptors (Lipinski definition) is 4. The Morgan fingerprint density at radius 3 is 2.22 bits per heavy atom. The molecule has 0 heterocycles.